The smallest absolute Gasteiger partial charge is 0.233 e. The average Bonchev–Trinajstić information content (AvgIpc) is 3.38. The fourth-order valence-electron chi connectivity index (χ4n) is 3.58. The Kier molecular flexibility index (Phi) is 6.43. The van der Waals surface area contributed by atoms with Gasteiger partial charge in [-0.1, -0.05) is 71.9 Å². The Bertz CT molecular complexity index is 1150. The van der Waals surface area contributed by atoms with Crippen molar-refractivity contribution in [2.75, 3.05) is 17.3 Å². The molecule has 1 N–H and O–H groups in total. The van der Waals surface area contributed by atoms with Crippen LogP contribution in [0.5, 0.6) is 0 Å². The Morgan fingerprint density at radius 2 is 1.90 bits per heavy atom. The highest BCUT2D eigenvalue weighted by Gasteiger charge is 2.34. The summed E-state index contributed by atoms with van der Waals surface area (Å²) in [7, 11) is -3.09. The molecule has 162 valence electrons. The fraction of sp³-hybridized carbons (Fsp3) is 0.318. The second kappa shape index (κ2) is 9.23. The van der Waals surface area contributed by atoms with E-state index in [1.54, 1.807) is 4.90 Å². The number of hydrogen-bond acceptors (Lipinski definition) is 6. The molecular weight excluding hydrogens is 432 g/mol. The summed E-state index contributed by atoms with van der Waals surface area (Å²) < 4.78 is 24.0. The summed E-state index contributed by atoms with van der Waals surface area (Å²) in [5, 5.41) is 7.61. The number of hydrogen-bond donors (Lipinski definition) is 1. The van der Waals surface area contributed by atoms with Crippen LogP contribution in [0.1, 0.15) is 17.5 Å². The lowest BCUT2D eigenvalue weighted by Crippen LogP contribution is -2.41. The third-order valence-corrected chi connectivity index (χ3v) is 7.86. The van der Waals surface area contributed by atoms with Crippen LogP contribution in [0.2, 0.25) is 0 Å². The van der Waals surface area contributed by atoms with Gasteiger partial charge in [0.15, 0.2) is 15.7 Å². The van der Waals surface area contributed by atoms with E-state index in [0.29, 0.717) is 23.9 Å². The van der Waals surface area contributed by atoms with Gasteiger partial charge in [-0.25, -0.2) is 13.4 Å². The first-order valence-corrected chi connectivity index (χ1v) is 12.9. The Morgan fingerprint density at radius 3 is 2.58 bits per heavy atom. The number of thioether (sulfide) groups is 1. The van der Waals surface area contributed by atoms with Crippen LogP contribution >= 0.6 is 11.8 Å². The van der Waals surface area contributed by atoms with E-state index in [4.69, 9.17) is 0 Å². The number of aryl methyl sites for hydroxylation is 1. The largest absolute Gasteiger partial charge is 0.334 e. The molecule has 31 heavy (non-hydrogen) atoms. The molecule has 7 nitrogen and oxygen atoms in total. The van der Waals surface area contributed by atoms with Crippen molar-refractivity contribution in [2.45, 2.75) is 31.1 Å². The number of carbonyl (C=O) groups is 1. The van der Waals surface area contributed by atoms with E-state index in [0.717, 1.165) is 16.7 Å². The maximum atomic E-state index is 13.1. The van der Waals surface area contributed by atoms with Crippen LogP contribution < -0.4 is 0 Å². The highest BCUT2D eigenvalue weighted by Crippen LogP contribution is 2.24. The number of sulfone groups is 1. The van der Waals surface area contributed by atoms with Crippen LogP contribution in [0.25, 0.3) is 11.4 Å². The van der Waals surface area contributed by atoms with Gasteiger partial charge in [-0.05, 0) is 18.9 Å². The summed E-state index contributed by atoms with van der Waals surface area (Å²) >= 11 is 1.25. The zero-order valence-electron chi connectivity index (χ0n) is 17.2. The SMILES string of the molecule is Cc1ccc(-c2nc(SCC(=O)N(Cc3ccccc3)[C@@H]3CCS(=O)(=O)C3)n[nH]2)cc1. The Labute approximate surface area is 186 Å². The summed E-state index contributed by atoms with van der Waals surface area (Å²) in [4.78, 5) is 19.2. The normalized spacial score (nSPS) is 17.5. The summed E-state index contributed by atoms with van der Waals surface area (Å²) in [6, 6.07) is 17.3. The van der Waals surface area contributed by atoms with Crippen molar-refractivity contribution in [3.8, 4) is 11.4 Å². The molecule has 4 rings (SSSR count). The van der Waals surface area contributed by atoms with Gasteiger partial charge in [-0.2, -0.15) is 0 Å². The summed E-state index contributed by atoms with van der Waals surface area (Å²) in [6.07, 6.45) is 0.476. The first kappa shape index (κ1) is 21.6. The van der Waals surface area contributed by atoms with Crippen LogP contribution in [0, 0.1) is 6.92 Å². The summed E-state index contributed by atoms with van der Waals surface area (Å²) in [6.45, 7) is 2.41. The molecule has 0 saturated carbocycles. The Hall–Kier alpha value is -2.65. The van der Waals surface area contributed by atoms with Gasteiger partial charge in [0.05, 0.1) is 17.3 Å². The molecule has 1 aromatic heterocycles. The maximum absolute atomic E-state index is 13.1. The monoisotopic (exact) mass is 456 g/mol. The first-order valence-electron chi connectivity index (χ1n) is 10.1. The van der Waals surface area contributed by atoms with Gasteiger partial charge in [-0.3, -0.25) is 9.89 Å². The molecule has 0 unspecified atom stereocenters. The van der Waals surface area contributed by atoms with Gasteiger partial charge in [0.25, 0.3) is 0 Å². The lowest BCUT2D eigenvalue weighted by Gasteiger charge is -2.28. The molecule has 0 bridgehead atoms. The van der Waals surface area contributed by atoms with Gasteiger partial charge < -0.3 is 4.90 Å². The van der Waals surface area contributed by atoms with Gasteiger partial charge in [0, 0.05) is 18.2 Å². The van der Waals surface area contributed by atoms with Crippen molar-refractivity contribution in [2.24, 2.45) is 0 Å². The molecule has 1 atom stereocenters. The van der Waals surface area contributed by atoms with Crippen molar-refractivity contribution in [1.82, 2.24) is 20.1 Å². The van der Waals surface area contributed by atoms with E-state index < -0.39 is 9.84 Å². The zero-order chi connectivity index (χ0) is 21.8. The maximum Gasteiger partial charge on any atom is 0.233 e. The van der Waals surface area contributed by atoms with Crippen molar-refractivity contribution >= 4 is 27.5 Å². The summed E-state index contributed by atoms with van der Waals surface area (Å²) in [5.41, 5.74) is 3.07. The zero-order valence-corrected chi connectivity index (χ0v) is 18.8. The molecule has 9 heteroatoms. The Balaban J connectivity index is 1.44. The standard InChI is InChI=1S/C22H24N4O3S2/c1-16-7-9-18(10-8-16)21-23-22(25-24-21)30-14-20(27)26(13-17-5-3-2-4-6-17)19-11-12-31(28,29)15-19/h2-10,19H,11-15H2,1H3,(H,23,24,25)/t19-/m1/s1. The molecule has 1 aliphatic rings. The molecule has 0 aliphatic carbocycles. The van der Waals surface area contributed by atoms with Crippen LogP contribution in [0.4, 0.5) is 0 Å². The predicted octanol–water partition coefficient (Wildman–Crippen LogP) is 3.09. The number of amides is 1. The number of H-pyrrole nitrogens is 1. The van der Waals surface area contributed by atoms with E-state index in [9.17, 15) is 13.2 Å². The van der Waals surface area contributed by atoms with Crippen LogP contribution in [0.3, 0.4) is 0 Å². The van der Waals surface area contributed by atoms with Gasteiger partial charge >= 0.3 is 0 Å². The van der Waals surface area contributed by atoms with Gasteiger partial charge in [0.1, 0.15) is 0 Å². The minimum absolute atomic E-state index is 0.0223. The molecule has 2 aromatic carbocycles. The molecule has 1 fully saturated rings. The van der Waals surface area contributed by atoms with Crippen molar-refractivity contribution in [3.05, 3.63) is 65.7 Å². The van der Waals surface area contributed by atoms with Crippen molar-refractivity contribution in [3.63, 3.8) is 0 Å². The highest BCUT2D eigenvalue weighted by atomic mass is 32.2. The van der Waals surface area contributed by atoms with Gasteiger partial charge in [0.2, 0.25) is 11.1 Å². The molecule has 3 aromatic rings. The lowest BCUT2D eigenvalue weighted by atomic mass is 10.1. The van der Waals surface area contributed by atoms with E-state index in [1.807, 2.05) is 61.5 Å². The average molecular weight is 457 g/mol. The quantitative estimate of drug-likeness (QED) is 0.549. The van der Waals surface area contributed by atoms with Crippen LogP contribution in [0.15, 0.2) is 59.8 Å². The number of rotatable bonds is 7. The molecule has 0 radical (unpaired) electrons. The third-order valence-electron chi connectivity index (χ3n) is 5.28. The number of carbonyl (C=O) groups excluding carboxylic acids is 1. The second-order valence-corrected chi connectivity index (χ2v) is 10.9. The number of benzene rings is 2. The molecule has 2 heterocycles. The molecule has 1 aliphatic heterocycles. The summed E-state index contributed by atoms with van der Waals surface area (Å²) in [5.74, 6) is 0.836. The third kappa shape index (κ3) is 5.54. The first-order chi connectivity index (χ1) is 14.9. The number of aromatic nitrogens is 3. The van der Waals surface area contributed by atoms with E-state index >= 15 is 0 Å². The lowest BCUT2D eigenvalue weighted by molar-refractivity contribution is -0.130. The number of nitrogens with one attached hydrogen (secondary N) is 1. The van der Waals surface area contributed by atoms with Crippen molar-refractivity contribution < 1.29 is 13.2 Å². The number of nitrogens with zero attached hydrogens (tertiary/aromatic N) is 3. The van der Waals surface area contributed by atoms with Crippen LogP contribution in [-0.2, 0) is 21.2 Å². The van der Waals surface area contributed by atoms with Crippen LogP contribution in [-0.4, -0.2) is 57.7 Å². The van der Waals surface area contributed by atoms with Crippen molar-refractivity contribution in [1.29, 1.82) is 0 Å². The van der Waals surface area contributed by atoms with E-state index in [1.165, 1.54) is 11.8 Å². The number of aromatic amines is 1. The van der Waals surface area contributed by atoms with E-state index in [-0.39, 0.29) is 29.2 Å². The molecule has 1 amide bonds. The molecule has 1 saturated heterocycles. The highest BCUT2D eigenvalue weighted by molar-refractivity contribution is 7.99. The van der Waals surface area contributed by atoms with Gasteiger partial charge in [-0.15, -0.1) is 5.10 Å². The second-order valence-electron chi connectivity index (χ2n) is 7.69. The minimum atomic E-state index is -3.09. The molecule has 0 spiro atoms. The predicted molar refractivity (Wildman–Crippen MR) is 121 cm³/mol. The topological polar surface area (TPSA) is 96.0 Å². The Morgan fingerprint density at radius 1 is 1.16 bits per heavy atom. The minimum Gasteiger partial charge on any atom is -0.334 e. The van der Waals surface area contributed by atoms with E-state index in [2.05, 4.69) is 15.2 Å². The fourth-order valence-corrected chi connectivity index (χ4v) is 6.00. The molecular formula is C22H24N4O3S2.